The summed E-state index contributed by atoms with van der Waals surface area (Å²) < 4.78 is 24.6. The van der Waals surface area contributed by atoms with Crippen molar-refractivity contribution in [3.8, 4) is 11.5 Å². The van der Waals surface area contributed by atoms with Crippen LogP contribution in [0.3, 0.4) is 0 Å². The Morgan fingerprint density at radius 1 is 0.588 bits per heavy atom. The summed E-state index contributed by atoms with van der Waals surface area (Å²) in [6, 6.07) is 19.5. The molecule has 2 aromatic rings. The molecular weight excluding hydrogens is 222 g/mol. The lowest BCUT2D eigenvalue weighted by molar-refractivity contribution is 0.482. The third-order valence-corrected chi connectivity index (χ3v) is 1.72. The van der Waals surface area contributed by atoms with Gasteiger partial charge in [0.25, 0.3) is 0 Å². The Hall–Kier alpha value is -1.90. The summed E-state index contributed by atoms with van der Waals surface area (Å²) in [4.78, 5) is 0. The zero-order valence-corrected chi connectivity index (χ0v) is 9.94. The monoisotopic (exact) mass is 238 g/mol. The van der Waals surface area contributed by atoms with Gasteiger partial charge >= 0.3 is 0 Å². The minimum absolute atomic E-state index is 0.500. The van der Waals surface area contributed by atoms with Crippen LogP contribution in [0.2, 0.25) is 0 Å². The molecule has 0 atom stereocenters. The maximum atomic E-state index is 9.50. The van der Waals surface area contributed by atoms with Gasteiger partial charge in [0.2, 0.25) is 0 Å². The Balaban J connectivity index is 0.000000581. The predicted octanol–water partition coefficient (Wildman–Crippen LogP) is 4.65. The molecule has 0 spiro atoms. The summed E-state index contributed by atoms with van der Waals surface area (Å²) in [6.45, 7) is 0. The maximum absolute atomic E-state index is 9.50. The molecule has 0 aromatic heterocycles. The van der Waals surface area contributed by atoms with Crippen LogP contribution < -0.4 is 4.74 Å². The molecule has 0 aliphatic rings. The molecule has 3 heteroatoms. The van der Waals surface area contributed by atoms with Crippen molar-refractivity contribution in [3.63, 3.8) is 0 Å². The Bertz CT molecular complexity index is 325. The van der Waals surface area contributed by atoms with E-state index in [9.17, 15) is 8.78 Å². The first-order valence-corrected chi connectivity index (χ1v) is 4.99. The van der Waals surface area contributed by atoms with Crippen molar-refractivity contribution in [1.29, 1.82) is 0 Å². The van der Waals surface area contributed by atoms with Gasteiger partial charge in [-0.15, -0.1) is 0 Å². The van der Waals surface area contributed by atoms with Gasteiger partial charge in [0, 0.05) is 0 Å². The molecule has 92 valence electrons. The number of benzene rings is 2. The van der Waals surface area contributed by atoms with Crippen molar-refractivity contribution >= 4 is 0 Å². The fourth-order valence-corrected chi connectivity index (χ4v) is 1.11. The molecule has 0 saturated carbocycles. The molecule has 0 bridgehead atoms. The van der Waals surface area contributed by atoms with E-state index in [0.717, 1.165) is 11.5 Å². The van der Waals surface area contributed by atoms with E-state index in [0.29, 0.717) is 14.4 Å². The van der Waals surface area contributed by atoms with Crippen molar-refractivity contribution in [2.45, 2.75) is 0 Å². The molecule has 0 aliphatic heterocycles. The van der Waals surface area contributed by atoms with E-state index < -0.39 is 0 Å². The van der Waals surface area contributed by atoms with Gasteiger partial charge in [-0.3, -0.25) is 8.78 Å². The molecule has 0 aliphatic carbocycles. The smallest absolute Gasteiger partial charge is 0.127 e. The number of hydrogen-bond acceptors (Lipinski definition) is 1. The van der Waals surface area contributed by atoms with Crippen LogP contribution in [-0.4, -0.2) is 14.4 Å². The molecular formula is C14H16F2O. The second kappa shape index (κ2) is 10.6. The molecule has 0 unspecified atom stereocenters. The van der Waals surface area contributed by atoms with Crippen molar-refractivity contribution in [3.05, 3.63) is 60.7 Å². The SMILES string of the molecule is CF.CF.c1ccc(Oc2ccccc2)cc1. The summed E-state index contributed by atoms with van der Waals surface area (Å²) >= 11 is 0. The van der Waals surface area contributed by atoms with Gasteiger partial charge in [-0.25, -0.2) is 0 Å². The molecule has 0 amide bonds. The number of rotatable bonds is 2. The van der Waals surface area contributed by atoms with Crippen LogP contribution in [0.15, 0.2) is 60.7 Å². The zero-order valence-electron chi connectivity index (χ0n) is 9.94. The Morgan fingerprint density at radius 3 is 1.18 bits per heavy atom. The van der Waals surface area contributed by atoms with Gasteiger partial charge in [-0.2, -0.15) is 0 Å². The van der Waals surface area contributed by atoms with Crippen LogP contribution in [0.1, 0.15) is 0 Å². The lowest BCUT2D eigenvalue weighted by Crippen LogP contribution is -1.81. The highest BCUT2D eigenvalue weighted by atomic mass is 19.1. The van der Waals surface area contributed by atoms with E-state index in [-0.39, 0.29) is 0 Å². The van der Waals surface area contributed by atoms with Crippen LogP contribution in [0.4, 0.5) is 8.78 Å². The average Bonchev–Trinajstić information content (AvgIpc) is 2.45. The molecule has 2 rings (SSSR count). The highest BCUT2D eigenvalue weighted by molar-refractivity contribution is 5.30. The van der Waals surface area contributed by atoms with Crippen LogP contribution >= 0.6 is 0 Å². The van der Waals surface area contributed by atoms with Gasteiger partial charge in [0.1, 0.15) is 11.5 Å². The molecule has 1 nitrogen and oxygen atoms in total. The molecule has 2 aromatic carbocycles. The molecule has 0 N–H and O–H groups in total. The van der Waals surface area contributed by atoms with Crippen molar-refractivity contribution in [1.82, 2.24) is 0 Å². The first kappa shape index (κ1) is 15.1. The molecule has 0 saturated heterocycles. The summed E-state index contributed by atoms with van der Waals surface area (Å²) in [5.41, 5.74) is 0. The maximum Gasteiger partial charge on any atom is 0.127 e. The van der Waals surface area contributed by atoms with E-state index in [1.165, 1.54) is 0 Å². The van der Waals surface area contributed by atoms with Gasteiger partial charge < -0.3 is 4.74 Å². The third kappa shape index (κ3) is 6.30. The highest BCUT2D eigenvalue weighted by Crippen LogP contribution is 2.19. The van der Waals surface area contributed by atoms with E-state index in [4.69, 9.17) is 4.74 Å². The van der Waals surface area contributed by atoms with Gasteiger partial charge in [-0.1, -0.05) is 36.4 Å². The minimum Gasteiger partial charge on any atom is -0.457 e. The highest BCUT2D eigenvalue weighted by Gasteiger charge is 1.92. The lowest BCUT2D eigenvalue weighted by Gasteiger charge is -2.03. The third-order valence-electron chi connectivity index (χ3n) is 1.72. The Labute approximate surface area is 101 Å². The van der Waals surface area contributed by atoms with Gasteiger partial charge in [-0.05, 0) is 24.3 Å². The zero-order chi connectivity index (χ0) is 12.9. The van der Waals surface area contributed by atoms with Crippen LogP contribution in [0.5, 0.6) is 11.5 Å². The van der Waals surface area contributed by atoms with Crippen LogP contribution in [0.25, 0.3) is 0 Å². The normalized spacial score (nSPS) is 8.00. The minimum atomic E-state index is 0.500. The first-order valence-electron chi connectivity index (χ1n) is 4.99. The number of halogens is 2. The molecule has 0 fully saturated rings. The summed E-state index contributed by atoms with van der Waals surface area (Å²) in [7, 11) is 1.00. The molecule has 0 heterocycles. The van der Waals surface area contributed by atoms with E-state index >= 15 is 0 Å². The summed E-state index contributed by atoms with van der Waals surface area (Å²) in [5, 5.41) is 0. The fourth-order valence-electron chi connectivity index (χ4n) is 1.11. The summed E-state index contributed by atoms with van der Waals surface area (Å²) in [5.74, 6) is 1.74. The number of ether oxygens (including phenoxy) is 1. The van der Waals surface area contributed by atoms with E-state index in [1.54, 1.807) is 0 Å². The van der Waals surface area contributed by atoms with Gasteiger partial charge in [0.05, 0.1) is 14.4 Å². The lowest BCUT2D eigenvalue weighted by atomic mass is 10.3. The summed E-state index contributed by atoms with van der Waals surface area (Å²) in [6.07, 6.45) is 0. The van der Waals surface area contributed by atoms with Gasteiger partial charge in [0.15, 0.2) is 0 Å². The fraction of sp³-hybridized carbons (Fsp3) is 0.143. The first-order chi connectivity index (χ1) is 8.45. The largest absolute Gasteiger partial charge is 0.457 e. The van der Waals surface area contributed by atoms with Crippen molar-refractivity contribution in [2.75, 3.05) is 14.4 Å². The van der Waals surface area contributed by atoms with E-state index in [1.807, 2.05) is 60.7 Å². The predicted molar refractivity (Wildman–Crippen MR) is 67.0 cm³/mol. The number of hydrogen-bond donors (Lipinski definition) is 0. The Morgan fingerprint density at radius 2 is 0.882 bits per heavy atom. The topological polar surface area (TPSA) is 9.23 Å². The second-order valence-corrected chi connectivity index (χ2v) is 2.73. The van der Waals surface area contributed by atoms with Crippen LogP contribution in [0, 0.1) is 0 Å². The van der Waals surface area contributed by atoms with Crippen molar-refractivity contribution < 1.29 is 13.5 Å². The Kier molecular flexibility index (Phi) is 9.43. The van der Waals surface area contributed by atoms with E-state index in [2.05, 4.69) is 0 Å². The van der Waals surface area contributed by atoms with Crippen molar-refractivity contribution in [2.24, 2.45) is 0 Å². The second-order valence-electron chi connectivity index (χ2n) is 2.73. The molecule has 17 heavy (non-hydrogen) atoms. The molecule has 0 radical (unpaired) electrons. The quantitative estimate of drug-likeness (QED) is 0.740. The number of para-hydroxylation sites is 2. The number of alkyl halides is 2. The standard InChI is InChI=1S/C12H10O.2CH3F/c1-3-7-11(8-4-1)13-12-9-5-2-6-10-12;2*1-2/h1-10H;2*1H3. The average molecular weight is 238 g/mol. The van der Waals surface area contributed by atoms with Crippen LogP contribution in [-0.2, 0) is 0 Å².